The van der Waals surface area contributed by atoms with Crippen LogP contribution in [0.5, 0.6) is 0 Å². The zero-order valence-electron chi connectivity index (χ0n) is 13.9. The summed E-state index contributed by atoms with van der Waals surface area (Å²) in [5.74, 6) is 6.51. The first-order chi connectivity index (χ1) is 8.34. The molecule has 4 atom stereocenters. The fourth-order valence-electron chi connectivity index (χ4n) is 4.41. The lowest BCUT2D eigenvalue weighted by Crippen LogP contribution is -2.23. The van der Waals surface area contributed by atoms with E-state index < -0.39 is 0 Å². The van der Waals surface area contributed by atoms with E-state index in [9.17, 15) is 0 Å². The Bertz CT molecular complexity index is 226. The molecule has 0 N–H and O–H groups in total. The number of hydrogen-bond donors (Lipinski definition) is 0. The first kappa shape index (κ1) is 16.1. The average molecular weight is 252 g/mol. The zero-order valence-corrected chi connectivity index (χ0v) is 13.9. The monoisotopic (exact) mass is 252 g/mol. The van der Waals surface area contributed by atoms with Gasteiger partial charge < -0.3 is 0 Å². The lowest BCUT2D eigenvalue weighted by molar-refractivity contribution is 0.190. The van der Waals surface area contributed by atoms with Crippen molar-refractivity contribution < 1.29 is 0 Å². The van der Waals surface area contributed by atoms with E-state index in [0.717, 1.165) is 41.4 Å². The van der Waals surface area contributed by atoms with Crippen LogP contribution in [0.15, 0.2) is 0 Å². The van der Waals surface area contributed by atoms with Crippen molar-refractivity contribution in [1.82, 2.24) is 0 Å². The van der Waals surface area contributed by atoms with Crippen molar-refractivity contribution in [1.29, 1.82) is 0 Å². The standard InChI is InChI=1S/C18H36/c1-12(2)9-8-10-16-11-17(13(3)4)18(14(5)6)15(16)7/h12-18H,8-11H2,1-7H3. The van der Waals surface area contributed by atoms with Crippen molar-refractivity contribution in [2.45, 2.75) is 74.1 Å². The van der Waals surface area contributed by atoms with E-state index >= 15 is 0 Å². The lowest BCUT2D eigenvalue weighted by Gasteiger charge is -2.29. The minimum absolute atomic E-state index is 0.863. The van der Waals surface area contributed by atoms with Gasteiger partial charge in [0.2, 0.25) is 0 Å². The summed E-state index contributed by atoms with van der Waals surface area (Å²) in [5.41, 5.74) is 0. The van der Waals surface area contributed by atoms with Crippen LogP contribution in [-0.4, -0.2) is 0 Å². The van der Waals surface area contributed by atoms with E-state index in [-0.39, 0.29) is 0 Å². The van der Waals surface area contributed by atoms with Crippen molar-refractivity contribution in [3.63, 3.8) is 0 Å². The van der Waals surface area contributed by atoms with Crippen molar-refractivity contribution in [2.24, 2.45) is 41.4 Å². The van der Waals surface area contributed by atoms with Gasteiger partial charge in [-0.3, -0.25) is 0 Å². The van der Waals surface area contributed by atoms with Crippen LogP contribution in [0.4, 0.5) is 0 Å². The zero-order chi connectivity index (χ0) is 13.9. The summed E-state index contributed by atoms with van der Waals surface area (Å²) in [6, 6.07) is 0. The SMILES string of the molecule is CC(C)CCCC1CC(C(C)C)C(C(C)C)C1C. The van der Waals surface area contributed by atoms with E-state index in [0.29, 0.717) is 0 Å². The molecule has 0 saturated heterocycles. The van der Waals surface area contributed by atoms with Crippen LogP contribution < -0.4 is 0 Å². The molecular weight excluding hydrogens is 216 g/mol. The Hall–Kier alpha value is 0. The van der Waals surface area contributed by atoms with Crippen molar-refractivity contribution >= 4 is 0 Å². The molecule has 0 aromatic heterocycles. The Kier molecular flexibility index (Phi) is 6.21. The molecule has 0 heterocycles. The molecule has 0 amide bonds. The summed E-state index contributed by atoms with van der Waals surface area (Å²) in [6.45, 7) is 17.0. The van der Waals surface area contributed by atoms with Crippen molar-refractivity contribution in [2.75, 3.05) is 0 Å². The van der Waals surface area contributed by atoms with Gasteiger partial charge in [-0.05, 0) is 47.8 Å². The van der Waals surface area contributed by atoms with Crippen LogP contribution in [0.1, 0.15) is 74.1 Å². The third kappa shape index (κ3) is 4.00. The molecule has 4 unspecified atom stereocenters. The van der Waals surface area contributed by atoms with Gasteiger partial charge in [0.15, 0.2) is 0 Å². The molecule has 0 aromatic rings. The molecule has 0 aromatic carbocycles. The molecule has 1 aliphatic carbocycles. The molecule has 1 saturated carbocycles. The van der Waals surface area contributed by atoms with Gasteiger partial charge in [0.1, 0.15) is 0 Å². The normalized spacial score (nSPS) is 33.0. The Labute approximate surface area is 116 Å². The largest absolute Gasteiger partial charge is 0.0628 e. The van der Waals surface area contributed by atoms with Gasteiger partial charge in [-0.2, -0.15) is 0 Å². The maximum atomic E-state index is 2.53. The first-order valence-electron chi connectivity index (χ1n) is 8.34. The predicted molar refractivity (Wildman–Crippen MR) is 82.6 cm³/mol. The summed E-state index contributed by atoms with van der Waals surface area (Å²) in [7, 11) is 0. The topological polar surface area (TPSA) is 0 Å². The third-order valence-electron chi connectivity index (χ3n) is 5.40. The third-order valence-corrected chi connectivity index (χ3v) is 5.40. The number of hydrogen-bond acceptors (Lipinski definition) is 0. The summed E-state index contributed by atoms with van der Waals surface area (Å²) >= 11 is 0. The number of rotatable bonds is 6. The Morgan fingerprint density at radius 3 is 1.94 bits per heavy atom. The van der Waals surface area contributed by atoms with E-state index in [4.69, 9.17) is 0 Å². The van der Waals surface area contributed by atoms with Gasteiger partial charge in [0.05, 0.1) is 0 Å². The maximum Gasteiger partial charge on any atom is -0.0332 e. The Morgan fingerprint density at radius 1 is 0.944 bits per heavy atom. The van der Waals surface area contributed by atoms with E-state index in [1.165, 1.54) is 25.7 Å². The second-order valence-electron chi connectivity index (χ2n) is 7.91. The van der Waals surface area contributed by atoms with E-state index in [2.05, 4.69) is 48.5 Å². The predicted octanol–water partition coefficient (Wildman–Crippen LogP) is 6.01. The quantitative estimate of drug-likeness (QED) is 0.543. The molecule has 0 heteroatoms. The van der Waals surface area contributed by atoms with E-state index in [1.54, 1.807) is 0 Å². The summed E-state index contributed by atoms with van der Waals surface area (Å²) in [6.07, 6.45) is 5.84. The maximum absolute atomic E-state index is 2.53. The van der Waals surface area contributed by atoms with Gasteiger partial charge in [-0.25, -0.2) is 0 Å². The highest BCUT2D eigenvalue weighted by Crippen LogP contribution is 2.49. The summed E-state index contributed by atoms with van der Waals surface area (Å²) in [5, 5.41) is 0. The second kappa shape index (κ2) is 6.96. The first-order valence-corrected chi connectivity index (χ1v) is 8.34. The highest BCUT2D eigenvalue weighted by molar-refractivity contribution is 4.91. The van der Waals surface area contributed by atoms with Gasteiger partial charge in [-0.15, -0.1) is 0 Å². The molecule has 0 radical (unpaired) electrons. The highest BCUT2D eigenvalue weighted by atomic mass is 14.5. The van der Waals surface area contributed by atoms with Crippen LogP contribution >= 0.6 is 0 Å². The summed E-state index contributed by atoms with van der Waals surface area (Å²) in [4.78, 5) is 0. The molecule has 1 fully saturated rings. The summed E-state index contributed by atoms with van der Waals surface area (Å²) < 4.78 is 0. The molecular formula is C18H36. The molecule has 0 nitrogen and oxygen atoms in total. The van der Waals surface area contributed by atoms with Gasteiger partial charge in [0.25, 0.3) is 0 Å². The Morgan fingerprint density at radius 2 is 1.56 bits per heavy atom. The molecule has 0 aliphatic heterocycles. The minimum atomic E-state index is 0.863. The molecule has 0 spiro atoms. The molecule has 1 aliphatic rings. The van der Waals surface area contributed by atoms with Crippen LogP contribution in [0.25, 0.3) is 0 Å². The van der Waals surface area contributed by atoms with Crippen LogP contribution in [0.2, 0.25) is 0 Å². The van der Waals surface area contributed by atoms with Gasteiger partial charge >= 0.3 is 0 Å². The highest BCUT2D eigenvalue weighted by Gasteiger charge is 2.42. The molecule has 108 valence electrons. The Balaban J connectivity index is 2.56. The van der Waals surface area contributed by atoms with Gasteiger partial charge in [-0.1, -0.05) is 67.7 Å². The van der Waals surface area contributed by atoms with Crippen LogP contribution in [0, 0.1) is 41.4 Å². The molecule has 1 rings (SSSR count). The van der Waals surface area contributed by atoms with Crippen LogP contribution in [0.3, 0.4) is 0 Å². The molecule has 0 bridgehead atoms. The smallest absolute Gasteiger partial charge is 0.0332 e. The van der Waals surface area contributed by atoms with Crippen molar-refractivity contribution in [3.05, 3.63) is 0 Å². The average Bonchev–Trinajstić information content (AvgIpc) is 2.56. The lowest BCUT2D eigenvalue weighted by atomic mass is 9.76. The van der Waals surface area contributed by atoms with Crippen molar-refractivity contribution in [3.8, 4) is 0 Å². The second-order valence-corrected chi connectivity index (χ2v) is 7.91. The minimum Gasteiger partial charge on any atom is -0.0628 e. The fourth-order valence-corrected chi connectivity index (χ4v) is 4.41. The fraction of sp³-hybridized carbons (Fsp3) is 1.00. The van der Waals surface area contributed by atoms with Crippen LogP contribution in [-0.2, 0) is 0 Å². The van der Waals surface area contributed by atoms with E-state index in [1.807, 2.05) is 0 Å². The molecule has 18 heavy (non-hydrogen) atoms. The van der Waals surface area contributed by atoms with Gasteiger partial charge in [0, 0.05) is 0 Å².